The van der Waals surface area contributed by atoms with E-state index in [0.29, 0.717) is 16.9 Å². The van der Waals surface area contributed by atoms with Gasteiger partial charge >= 0.3 is 0 Å². The van der Waals surface area contributed by atoms with Crippen LogP contribution in [0.4, 0.5) is 5.82 Å². The number of rotatable bonds is 6. The van der Waals surface area contributed by atoms with Crippen molar-refractivity contribution in [3.05, 3.63) is 69.5 Å². The quantitative estimate of drug-likeness (QED) is 0.583. The van der Waals surface area contributed by atoms with Gasteiger partial charge < -0.3 is 10.6 Å². The third-order valence-corrected chi connectivity index (χ3v) is 6.85. The molecule has 1 aliphatic rings. The van der Waals surface area contributed by atoms with Crippen molar-refractivity contribution in [2.24, 2.45) is 0 Å². The molecule has 33 heavy (non-hydrogen) atoms. The maximum atomic E-state index is 12.9. The van der Waals surface area contributed by atoms with Crippen molar-refractivity contribution in [2.75, 3.05) is 25.0 Å². The van der Waals surface area contributed by atoms with E-state index in [4.69, 9.17) is 0 Å². The molecular formula is C25H27N5O2S. The third kappa shape index (κ3) is 5.00. The number of nitrogens with zero attached hydrogens (tertiary/aromatic N) is 3. The van der Waals surface area contributed by atoms with Crippen LogP contribution in [0.15, 0.2) is 47.2 Å². The summed E-state index contributed by atoms with van der Waals surface area (Å²) in [6, 6.07) is 13.9. The van der Waals surface area contributed by atoms with E-state index in [1.165, 1.54) is 11.3 Å². The summed E-state index contributed by atoms with van der Waals surface area (Å²) in [5.74, 6) is 0.326. The summed E-state index contributed by atoms with van der Waals surface area (Å²) in [5.41, 5.74) is 3.87. The number of nitrogens with one attached hydrogen (secondary N) is 2. The van der Waals surface area contributed by atoms with Crippen molar-refractivity contribution in [1.82, 2.24) is 14.8 Å². The number of likely N-dealkylation sites (tertiary alicyclic amines) is 1. The van der Waals surface area contributed by atoms with Gasteiger partial charge in [0.25, 0.3) is 5.91 Å². The lowest BCUT2D eigenvalue weighted by molar-refractivity contribution is -0.117. The number of amides is 2. The van der Waals surface area contributed by atoms with Gasteiger partial charge in [-0.15, -0.1) is 0 Å². The summed E-state index contributed by atoms with van der Waals surface area (Å²) in [4.78, 5) is 27.3. The van der Waals surface area contributed by atoms with Crippen LogP contribution in [0.2, 0.25) is 0 Å². The van der Waals surface area contributed by atoms with Crippen molar-refractivity contribution in [3.63, 3.8) is 0 Å². The van der Waals surface area contributed by atoms with E-state index >= 15 is 0 Å². The van der Waals surface area contributed by atoms with Crippen LogP contribution in [0.3, 0.4) is 0 Å². The van der Waals surface area contributed by atoms with E-state index in [0.717, 1.165) is 42.9 Å². The van der Waals surface area contributed by atoms with Crippen LogP contribution in [0.1, 0.15) is 40.0 Å². The number of hydrogen-bond acceptors (Lipinski definition) is 5. The van der Waals surface area contributed by atoms with Gasteiger partial charge in [-0.3, -0.25) is 19.1 Å². The fourth-order valence-electron chi connectivity index (χ4n) is 4.23. The molecule has 3 heterocycles. The highest BCUT2D eigenvalue weighted by molar-refractivity contribution is 7.08. The van der Waals surface area contributed by atoms with Crippen LogP contribution in [0.25, 0.3) is 5.69 Å². The number of para-hydroxylation sites is 1. The first-order valence-corrected chi connectivity index (χ1v) is 11.9. The van der Waals surface area contributed by atoms with E-state index in [1.54, 1.807) is 0 Å². The van der Waals surface area contributed by atoms with E-state index in [9.17, 15) is 14.9 Å². The number of anilines is 1. The average molecular weight is 462 g/mol. The Hall–Kier alpha value is -3.41. The highest BCUT2D eigenvalue weighted by atomic mass is 32.1. The number of benzene rings is 1. The van der Waals surface area contributed by atoms with E-state index in [-0.39, 0.29) is 24.4 Å². The molecule has 170 valence electrons. The molecular weight excluding hydrogens is 434 g/mol. The standard InChI is InChI=1S/C25H27N5O2S/c1-17-18(2)30(21-6-4-3-5-7-21)24(22(17)14-26)28-23(31)15-29-11-8-20(9-12-29)27-25(32)19-10-13-33-16-19/h3-7,10,13,16,20H,8-9,11-12,15H2,1-2H3,(H,27,32)(H,28,31). The smallest absolute Gasteiger partial charge is 0.252 e. The van der Waals surface area contributed by atoms with Crippen molar-refractivity contribution < 1.29 is 9.59 Å². The normalized spacial score (nSPS) is 14.6. The summed E-state index contributed by atoms with van der Waals surface area (Å²) >= 11 is 1.51. The second-order valence-corrected chi connectivity index (χ2v) is 9.08. The Labute approximate surface area is 197 Å². The highest BCUT2D eigenvalue weighted by Gasteiger charge is 2.25. The van der Waals surface area contributed by atoms with Crippen molar-refractivity contribution in [1.29, 1.82) is 5.26 Å². The fraction of sp³-hybridized carbons (Fsp3) is 0.320. The molecule has 7 nitrogen and oxygen atoms in total. The number of carbonyl (C=O) groups excluding carboxylic acids is 2. The zero-order valence-electron chi connectivity index (χ0n) is 18.8. The second-order valence-electron chi connectivity index (χ2n) is 8.30. The number of carbonyl (C=O) groups is 2. The Bertz CT molecular complexity index is 1170. The van der Waals surface area contributed by atoms with Gasteiger partial charge in [0.2, 0.25) is 5.91 Å². The first kappa shape index (κ1) is 22.8. The molecule has 1 fully saturated rings. The lowest BCUT2D eigenvalue weighted by Gasteiger charge is -2.31. The number of hydrogen-bond donors (Lipinski definition) is 2. The Morgan fingerprint density at radius 1 is 1.15 bits per heavy atom. The van der Waals surface area contributed by atoms with Gasteiger partial charge in [-0.05, 0) is 55.8 Å². The van der Waals surface area contributed by atoms with Gasteiger partial charge in [0.15, 0.2) is 0 Å². The molecule has 3 aromatic rings. The molecule has 1 aromatic carbocycles. The number of aromatic nitrogens is 1. The Morgan fingerprint density at radius 2 is 1.88 bits per heavy atom. The lowest BCUT2D eigenvalue weighted by Crippen LogP contribution is -2.46. The predicted octanol–water partition coefficient (Wildman–Crippen LogP) is 3.86. The van der Waals surface area contributed by atoms with E-state index < -0.39 is 0 Å². The Morgan fingerprint density at radius 3 is 2.52 bits per heavy atom. The molecule has 1 saturated heterocycles. The monoisotopic (exact) mass is 461 g/mol. The molecule has 0 radical (unpaired) electrons. The predicted molar refractivity (Wildman–Crippen MR) is 130 cm³/mol. The molecule has 0 atom stereocenters. The Balaban J connectivity index is 1.38. The molecule has 0 unspecified atom stereocenters. The summed E-state index contributed by atoms with van der Waals surface area (Å²) in [7, 11) is 0. The minimum absolute atomic E-state index is 0.0381. The minimum Gasteiger partial charge on any atom is -0.349 e. The van der Waals surface area contributed by atoms with Gasteiger partial charge in [0.1, 0.15) is 11.9 Å². The first-order valence-electron chi connectivity index (χ1n) is 11.0. The SMILES string of the molecule is Cc1c(C#N)c(NC(=O)CN2CCC(NC(=O)c3ccsc3)CC2)n(-c2ccccc2)c1C. The summed E-state index contributed by atoms with van der Waals surface area (Å²) in [6.45, 7) is 5.55. The first-order chi connectivity index (χ1) is 16.0. The number of piperidine rings is 1. The number of thiophene rings is 1. The fourth-order valence-corrected chi connectivity index (χ4v) is 4.87. The topological polar surface area (TPSA) is 90.2 Å². The largest absolute Gasteiger partial charge is 0.349 e. The summed E-state index contributed by atoms with van der Waals surface area (Å²) in [5, 5.41) is 19.5. The molecule has 2 aromatic heterocycles. The summed E-state index contributed by atoms with van der Waals surface area (Å²) < 4.78 is 1.93. The van der Waals surface area contributed by atoms with Crippen molar-refractivity contribution in [3.8, 4) is 11.8 Å². The second kappa shape index (κ2) is 10.0. The zero-order chi connectivity index (χ0) is 23.4. The van der Waals surface area contributed by atoms with Crippen LogP contribution in [-0.2, 0) is 4.79 Å². The lowest BCUT2D eigenvalue weighted by atomic mass is 10.0. The Kier molecular flexibility index (Phi) is 6.92. The van der Waals surface area contributed by atoms with Gasteiger partial charge in [-0.1, -0.05) is 18.2 Å². The molecule has 4 rings (SSSR count). The van der Waals surface area contributed by atoms with Crippen LogP contribution < -0.4 is 10.6 Å². The highest BCUT2D eigenvalue weighted by Crippen LogP contribution is 2.30. The van der Waals surface area contributed by atoms with Crippen LogP contribution in [-0.4, -0.2) is 47.0 Å². The van der Waals surface area contributed by atoms with Gasteiger partial charge in [0, 0.05) is 41.5 Å². The van der Waals surface area contributed by atoms with E-state index in [1.807, 2.05) is 65.6 Å². The van der Waals surface area contributed by atoms with Gasteiger partial charge in [-0.25, -0.2) is 0 Å². The van der Waals surface area contributed by atoms with Gasteiger partial charge in [0.05, 0.1) is 12.1 Å². The van der Waals surface area contributed by atoms with Gasteiger partial charge in [-0.2, -0.15) is 16.6 Å². The van der Waals surface area contributed by atoms with Crippen LogP contribution >= 0.6 is 11.3 Å². The summed E-state index contributed by atoms with van der Waals surface area (Å²) in [6.07, 6.45) is 1.59. The third-order valence-electron chi connectivity index (χ3n) is 6.17. The molecule has 2 N–H and O–H groups in total. The van der Waals surface area contributed by atoms with Crippen molar-refractivity contribution in [2.45, 2.75) is 32.7 Å². The van der Waals surface area contributed by atoms with Crippen molar-refractivity contribution >= 4 is 29.0 Å². The van der Waals surface area contributed by atoms with E-state index in [2.05, 4.69) is 21.6 Å². The molecule has 0 saturated carbocycles. The molecule has 2 amide bonds. The molecule has 1 aliphatic heterocycles. The average Bonchev–Trinajstić information content (AvgIpc) is 3.43. The molecule has 0 bridgehead atoms. The maximum absolute atomic E-state index is 12.9. The zero-order valence-corrected chi connectivity index (χ0v) is 19.6. The van der Waals surface area contributed by atoms with Crippen LogP contribution in [0, 0.1) is 25.2 Å². The molecule has 0 aliphatic carbocycles. The van der Waals surface area contributed by atoms with Crippen LogP contribution in [0.5, 0.6) is 0 Å². The number of nitriles is 1. The molecule has 8 heteroatoms. The maximum Gasteiger partial charge on any atom is 0.252 e. The minimum atomic E-state index is -0.151. The molecule has 0 spiro atoms.